The summed E-state index contributed by atoms with van der Waals surface area (Å²) in [5, 5.41) is 2.97. The van der Waals surface area contributed by atoms with Crippen LogP contribution in [0.25, 0.3) is 0 Å². The van der Waals surface area contributed by atoms with Gasteiger partial charge in [0, 0.05) is 6.04 Å². The van der Waals surface area contributed by atoms with Crippen molar-refractivity contribution < 1.29 is 4.79 Å². The zero-order chi connectivity index (χ0) is 12.8. The Morgan fingerprint density at radius 1 is 1.24 bits per heavy atom. The summed E-state index contributed by atoms with van der Waals surface area (Å²) in [6.07, 6.45) is 1.87. The van der Waals surface area contributed by atoms with Gasteiger partial charge >= 0.3 is 0 Å². The highest BCUT2D eigenvalue weighted by Gasteiger charge is 2.17. The van der Waals surface area contributed by atoms with Crippen LogP contribution < -0.4 is 11.1 Å². The van der Waals surface area contributed by atoms with Gasteiger partial charge in [-0.3, -0.25) is 4.79 Å². The van der Waals surface area contributed by atoms with Crippen LogP contribution in [0.3, 0.4) is 0 Å². The zero-order valence-electron chi connectivity index (χ0n) is 10.9. The Balaban J connectivity index is 2.66. The molecule has 0 radical (unpaired) electrons. The number of hydrogen-bond donors (Lipinski definition) is 2. The van der Waals surface area contributed by atoms with E-state index in [-0.39, 0.29) is 11.9 Å². The lowest BCUT2D eigenvalue weighted by Crippen LogP contribution is -2.40. The van der Waals surface area contributed by atoms with Gasteiger partial charge in [-0.25, -0.2) is 0 Å². The van der Waals surface area contributed by atoms with Crippen LogP contribution in [0.5, 0.6) is 0 Å². The average Bonchev–Trinajstić information content (AvgIpc) is 2.35. The van der Waals surface area contributed by atoms with E-state index in [4.69, 9.17) is 5.73 Å². The molecular weight excluding hydrogens is 212 g/mol. The summed E-state index contributed by atoms with van der Waals surface area (Å²) in [4.78, 5) is 11.9. The second-order valence-electron chi connectivity index (χ2n) is 4.41. The SMILES string of the molecule is CCC(CC)NC(=O)C(N)c1ccc(C)cc1. The van der Waals surface area contributed by atoms with Crippen LogP contribution in [0.2, 0.25) is 0 Å². The summed E-state index contributed by atoms with van der Waals surface area (Å²) >= 11 is 0. The van der Waals surface area contributed by atoms with Crippen molar-refractivity contribution >= 4 is 5.91 Å². The number of amides is 1. The average molecular weight is 234 g/mol. The lowest BCUT2D eigenvalue weighted by atomic mass is 10.0. The summed E-state index contributed by atoms with van der Waals surface area (Å²) in [7, 11) is 0. The quantitative estimate of drug-likeness (QED) is 0.821. The molecule has 0 aliphatic carbocycles. The topological polar surface area (TPSA) is 55.1 Å². The molecule has 1 aromatic carbocycles. The fraction of sp³-hybridized carbons (Fsp3) is 0.500. The van der Waals surface area contributed by atoms with E-state index in [1.54, 1.807) is 0 Å². The van der Waals surface area contributed by atoms with Crippen molar-refractivity contribution in [3.05, 3.63) is 35.4 Å². The van der Waals surface area contributed by atoms with Crippen molar-refractivity contribution in [3.63, 3.8) is 0 Å². The molecule has 0 heterocycles. The first-order valence-electron chi connectivity index (χ1n) is 6.21. The maximum Gasteiger partial charge on any atom is 0.241 e. The normalized spacial score (nSPS) is 12.5. The number of carbonyl (C=O) groups excluding carboxylic acids is 1. The lowest BCUT2D eigenvalue weighted by Gasteiger charge is -2.18. The van der Waals surface area contributed by atoms with Crippen LogP contribution in [-0.2, 0) is 4.79 Å². The molecular formula is C14H22N2O. The van der Waals surface area contributed by atoms with Crippen LogP contribution in [0.4, 0.5) is 0 Å². The molecule has 1 rings (SSSR count). The van der Waals surface area contributed by atoms with Crippen molar-refractivity contribution in [3.8, 4) is 0 Å². The fourth-order valence-corrected chi connectivity index (χ4v) is 1.71. The lowest BCUT2D eigenvalue weighted by molar-refractivity contribution is -0.123. The highest BCUT2D eigenvalue weighted by Crippen LogP contribution is 2.12. The first-order chi connectivity index (χ1) is 8.08. The van der Waals surface area contributed by atoms with E-state index < -0.39 is 6.04 Å². The minimum Gasteiger partial charge on any atom is -0.352 e. The number of nitrogens with two attached hydrogens (primary N) is 1. The third-order valence-electron chi connectivity index (χ3n) is 3.05. The second-order valence-corrected chi connectivity index (χ2v) is 4.41. The molecule has 1 aromatic rings. The Hall–Kier alpha value is -1.35. The van der Waals surface area contributed by atoms with Gasteiger partial charge in [0.25, 0.3) is 0 Å². The molecule has 0 spiro atoms. The summed E-state index contributed by atoms with van der Waals surface area (Å²) in [5.41, 5.74) is 7.96. The van der Waals surface area contributed by atoms with E-state index in [9.17, 15) is 4.79 Å². The van der Waals surface area contributed by atoms with Crippen LogP contribution in [0, 0.1) is 6.92 Å². The molecule has 0 aromatic heterocycles. The highest BCUT2D eigenvalue weighted by atomic mass is 16.2. The standard InChI is InChI=1S/C14H22N2O/c1-4-12(5-2)16-14(17)13(15)11-8-6-10(3)7-9-11/h6-9,12-13H,4-5,15H2,1-3H3,(H,16,17). The van der Waals surface area contributed by atoms with Crippen molar-refractivity contribution in [1.82, 2.24) is 5.32 Å². The Morgan fingerprint density at radius 3 is 2.24 bits per heavy atom. The monoisotopic (exact) mass is 234 g/mol. The van der Waals surface area contributed by atoms with Gasteiger partial charge in [0.2, 0.25) is 5.91 Å². The molecule has 3 heteroatoms. The van der Waals surface area contributed by atoms with E-state index in [0.29, 0.717) is 0 Å². The van der Waals surface area contributed by atoms with Gasteiger partial charge < -0.3 is 11.1 Å². The number of carbonyl (C=O) groups is 1. The first kappa shape index (κ1) is 13.7. The molecule has 3 nitrogen and oxygen atoms in total. The van der Waals surface area contributed by atoms with Crippen LogP contribution >= 0.6 is 0 Å². The van der Waals surface area contributed by atoms with Gasteiger partial charge in [-0.2, -0.15) is 0 Å². The molecule has 1 unspecified atom stereocenters. The van der Waals surface area contributed by atoms with Gasteiger partial charge in [-0.1, -0.05) is 43.7 Å². The highest BCUT2D eigenvalue weighted by molar-refractivity contribution is 5.83. The Morgan fingerprint density at radius 2 is 1.76 bits per heavy atom. The van der Waals surface area contributed by atoms with Crippen LogP contribution in [0.15, 0.2) is 24.3 Å². The van der Waals surface area contributed by atoms with Gasteiger partial charge in [0.1, 0.15) is 6.04 Å². The van der Waals surface area contributed by atoms with Crippen LogP contribution in [-0.4, -0.2) is 11.9 Å². The van der Waals surface area contributed by atoms with E-state index in [0.717, 1.165) is 18.4 Å². The smallest absolute Gasteiger partial charge is 0.241 e. The Labute approximate surface area is 103 Å². The minimum absolute atomic E-state index is 0.0949. The molecule has 1 amide bonds. The maximum absolute atomic E-state index is 11.9. The number of aryl methyl sites for hydroxylation is 1. The predicted molar refractivity (Wildman–Crippen MR) is 70.6 cm³/mol. The molecule has 3 N–H and O–H groups in total. The fourth-order valence-electron chi connectivity index (χ4n) is 1.71. The third-order valence-corrected chi connectivity index (χ3v) is 3.05. The molecule has 0 fully saturated rings. The van der Waals surface area contributed by atoms with E-state index in [1.807, 2.05) is 31.2 Å². The van der Waals surface area contributed by atoms with Crippen molar-refractivity contribution in [2.24, 2.45) is 5.73 Å². The molecule has 17 heavy (non-hydrogen) atoms. The van der Waals surface area contributed by atoms with E-state index in [1.165, 1.54) is 5.56 Å². The second kappa shape index (κ2) is 6.40. The van der Waals surface area contributed by atoms with Crippen LogP contribution in [0.1, 0.15) is 43.9 Å². The molecule has 0 aliphatic rings. The number of rotatable bonds is 5. The van der Waals surface area contributed by atoms with Crippen molar-refractivity contribution in [2.75, 3.05) is 0 Å². The Bertz CT molecular complexity index is 355. The maximum atomic E-state index is 11.9. The van der Waals surface area contributed by atoms with Crippen molar-refractivity contribution in [1.29, 1.82) is 0 Å². The summed E-state index contributed by atoms with van der Waals surface area (Å²) in [5.74, 6) is -0.0949. The largest absolute Gasteiger partial charge is 0.352 e. The molecule has 1 atom stereocenters. The molecule has 0 bridgehead atoms. The molecule has 0 saturated heterocycles. The first-order valence-corrected chi connectivity index (χ1v) is 6.21. The summed E-state index contributed by atoms with van der Waals surface area (Å²) < 4.78 is 0. The van der Waals surface area contributed by atoms with Gasteiger partial charge in [-0.15, -0.1) is 0 Å². The van der Waals surface area contributed by atoms with E-state index in [2.05, 4.69) is 19.2 Å². The van der Waals surface area contributed by atoms with E-state index >= 15 is 0 Å². The molecule has 0 aliphatic heterocycles. The molecule has 0 saturated carbocycles. The van der Waals surface area contributed by atoms with Gasteiger partial charge in [0.15, 0.2) is 0 Å². The summed E-state index contributed by atoms with van der Waals surface area (Å²) in [6, 6.07) is 7.41. The summed E-state index contributed by atoms with van der Waals surface area (Å²) in [6.45, 7) is 6.14. The van der Waals surface area contributed by atoms with Gasteiger partial charge in [0.05, 0.1) is 0 Å². The minimum atomic E-state index is -0.573. The predicted octanol–water partition coefficient (Wildman–Crippen LogP) is 2.30. The third kappa shape index (κ3) is 3.86. The number of benzene rings is 1. The number of nitrogens with one attached hydrogen (secondary N) is 1. The van der Waals surface area contributed by atoms with Gasteiger partial charge in [-0.05, 0) is 25.3 Å². The zero-order valence-corrected chi connectivity index (χ0v) is 10.9. The van der Waals surface area contributed by atoms with Crippen molar-refractivity contribution in [2.45, 2.75) is 45.7 Å². The Kier molecular flexibility index (Phi) is 5.16. The number of hydrogen-bond acceptors (Lipinski definition) is 2. The molecule has 94 valence electrons.